The summed E-state index contributed by atoms with van der Waals surface area (Å²) in [5.41, 5.74) is 1.95. The molecule has 3 aromatic rings. The van der Waals surface area contributed by atoms with Crippen LogP contribution < -0.4 is 9.64 Å². The number of carbonyl (C=O) groups is 2. The van der Waals surface area contributed by atoms with E-state index in [2.05, 4.69) is 10.3 Å². The van der Waals surface area contributed by atoms with Crippen LogP contribution in [0.1, 0.15) is 28.2 Å². The number of rotatable bonds is 5. The fourth-order valence-electron chi connectivity index (χ4n) is 4.29. The van der Waals surface area contributed by atoms with Crippen LogP contribution in [0.25, 0.3) is 0 Å². The van der Waals surface area contributed by atoms with Crippen molar-refractivity contribution in [1.29, 1.82) is 0 Å². The molecule has 1 spiro atoms. The normalized spacial score (nSPS) is 20.5. The summed E-state index contributed by atoms with van der Waals surface area (Å²) in [7, 11) is 0. The molecule has 2 aromatic carbocycles. The van der Waals surface area contributed by atoms with Crippen LogP contribution in [-0.2, 0) is 16.1 Å². The number of morpholine rings is 1. The summed E-state index contributed by atoms with van der Waals surface area (Å²) in [4.78, 5) is 29.4. The number of hydrogen-bond acceptors (Lipinski definition) is 7. The van der Waals surface area contributed by atoms with Gasteiger partial charge in [-0.15, -0.1) is 0 Å². The summed E-state index contributed by atoms with van der Waals surface area (Å²) in [6.07, 6.45) is 0.655. The maximum Gasteiger partial charge on any atom is 0.257 e. The van der Waals surface area contributed by atoms with Crippen molar-refractivity contribution < 1.29 is 23.7 Å². The van der Waals surface area contributed by atoms with Crippen molar-refractivity contribution in [1.82, 2.24) is 15.2 Å². The van der Waals surface area contributed by atoms with Crippen LogP contribution in [-0.4, -0.2) is 58.9 Å². The zero-order valence-electron chi connectivity index (χ0n) is 18.3. The van der Waals surface area contributed by atoms with Crippen molar-refractivity contribution in [2.45, 2.75) is 25.6 Å². The average Bonchev–Trinajstić information content (AvgIpc) is 3.46. The van der Waals surface area contributed by atoms with E-state index >= 15 is 0 Å². The lowest BCUT2D eigenvalue weighted by Crippen LogP contribution is -2.56. The van der Waals surface area contributed by atoms with Crippen LogP contribution in [0.3, 0.4) is 0 Å². The monoisotopic (exact) mass is 448 g/mol. The van der Waals surface area contributed by atoms with E-state index in [1.54, 1.807) is 28.9 Å². The highest BCUT2D eigenvalue weighted by atomic mass is 16.6. The summed E-state index contributed by atoms with van der Waals surface area (Å²) in [6, 6.07) is 16.7. The third kappa shape index (κ3) is 4.19. The molecule has 9 heteroatoms. The molecule has 1 atom stereocenters. The molecule has 9 nitrogen and oxygen atoms in total. The van der Waals surface area contributed by atoms with E-state index < -0.39 is 5.60 Å². The van der Waals surface area contributed by atoms with E-state index in [1.807, 2.05) is 42.5 Å². The van der Waals surface area contributed by atoms with E-state index in [9.17, 15) is 9.59 Å². The number of anilines is 1. The molecule has 0 aliphatic carbocycles. The van der Waals surface area contributed by atoms with Gasteiger partial charge in [-0.2, -0.15) is 0 Å². The number of benzene rings is 2. The highest BCUT2D eigenvalue weighted by molar-refractivity contribution is 5.97. The van der Waals surface area contributed by atoms with E-state index in [0.717, 1.165) is 5.69 Å². The van der Waals surface area contributed by atoms with Gasteiger partial charge in [-0.25, -0.2) is 4.63 Å². The van der Waals surface area contributed by atoms with Gasteiger partial charge in [0.15, 0.2) is 0 Å². The fraction of sp³-hybridized carbons (Fsp3) is 0.333. The van der Waals surface area contributed by atoms with Crippen molar-refractivity contribution in [3.8, 4) is 5.75 Å². The van der Waals surface area contributed by atoms with Crippen LogP contribution >= 0.6 is 0 Å². The second kappa shape index (κ2) is 8.67. The molecule has 1 aromatic heterocycles. The second-order valence-electron chi connectivity index (χ2n) is 8.34. The van der Waals surface area contributed by atoms with Crippen molar-refractivity contribution in [3.05, 3.63) is 71.5 Å². The van der Waals surface area contributed by atoms with Crippen molar-refractivity contribution in [3.63, 3.8) is 0 Å². The molecule has 0 bridgehead atoms. The molecular formula is C24H24N4O5. The minimum Gasteiger partial charge on any atom is -0.486 e. The highest BCUT2D eigenvalue weighted by Crippen LogP contribution is 2.33. The SMILES string of the molecule is Cc1nonc1COc1ccccc1C(=O)N1CCC2(C1)CN(c1ccccc1)C(=O)CO2. The first kappa shape index (κ1) is 21.1. The Labute approximate surface area is 190 Å². The molecule has 0 N–H and O–H groups in total. The molecule has 0 saturated carbocycles. The van der Waals surface area contributed by atoms with Crippen molar-refractivity contribution in [2.75, 3.05) is 31.1 Å². The van der Waals surface area contributed by atoms with Gasteiger partial charge in [0.2, 0.25) is 0 Å². The van der Waals surface area contributed by atoms with E-state index in [1.165, 1.54) is 0 Å². The molecule has 170 valence electrons. The minimum absolute atomic E-state index is 0.00170. The second-order valence-corrected chi connectivity index (χ2v) is 8.34. The van der Waals surface area contributed by atoms with Gasteiger partial charge < -0.3 is 19.3 Å². The van der Waals surface area contributed by atoms with Gasteiger partial charge in [0.1, 0.15) is 36.0 Å². The van der Waals surface area contributed by atoms with Crippen molar-refractivity contribution in [2.24, 2.45) is 0 Å². The first-order valence-electron chi connectivity index (χ1n) is 10.8. The zero-order valence-corrected chi connectivity index (χ0v) is 18.3. The highest BCUT2D eigenvalue weighted by Gasteiger charge is 2.47. The Kier molecular flexibility index (Phi) is 5.55. The smallest absolute Gasteiger partial charge is 0.257 e. The summed E-state index contributed by atoms with van der Waals surface area (Å²) >= 11 is 0. The number of nitrogens with zero attached hydrogens (tertiary/aromatic N) is 4. The van der Waals surface area contributed by atoms with Crippen LogP contribution in [0, 0.1) is 6.92 Å². The molecule has 33 heavy (non-hydrogen) atoms. The summed E-state index contributed by atoms with van der Waals surface area (Å²) in [5, 5.41) is 7.57. The van der Waals surface area contributed by atoms with Gasteiger partial charge in [0.25, 0.3) is 11.8 Å². The maximum atomic E-state index is 13.4. The van der Waals surface area contributed by atoms with Gasteiger partial charge >= 0.3 is 0 Å². The fourth-order valence-corrected chi connectivity index (χ4v) is 4.29. The van der Waals surface area contributed by atoms with E-state index in [4.69, 9.17) is 14.1 Å². The molecule has 3 heterocycles. The predicted octanol–water partition coefficient (Wildman–Crippen LogP) is 2.61. The number of likely N-dealkylation sites (tertiary alicyclic amines) is 1. The van der Waals surface area contributed by atoms with Crippen LogP contribution in [0.5, 0.6) is 5.75 Å². The summed E-state index contributed by atoms with van der Waals surface area (Å²) < 4.78 is 16.6. The number of aryl methyl sites for hydroxylation is 1. The van der Waals surface area contributed by atoms with Gasteiger partial charge in [-0.3, -0.25) is 9.59 Å². The molecule has 2 fully saturated rings. The molecule has 2 amide bonds. The Morgan fingerprint density at radius 3 is 2.67 bits per heavy atom. The van der Waals surface area contributed by atoms with Gasteiger partial charge in [-0.05, 0) is 37.6 Å². The predicted molar refractivity (Wildman–Crippen MR) is 118 cm³/mol. The van der Waals surface area contributed by atoms with Crippen LogP contribution in [0.4, 0.5) is 5.69 Å². The van der Waals surface area contributed by atoms with Crippen LogP contribution in [0.15, 0.2) is 59.2 Å². The number of hydrogen-bond donors (Lipinski definition) is 0. The van der Waals surface area contributed by atoms with Crippen LogP contribution in [0.2, 0.25) is 0 Å². The Morgan fingerprint density at radius 1 is 1.09 bits per heavy atom. The number of para-hydroxylation sites is 2. The molecular weight excluding hydrogens is 424 g/mol. The quantitative estimate of drug-likeness (QED) is 0.592. The number of ether oxygens (including phenoxy) is 2. The first-order chi connectivity index (χ1) is 16.0. The van der Waals surface area contributed by atoms with E-state index in [0.29, 0.717) is 48.8 Å². The molecule has 0 radical (unpaired) electrons. The molecule has 2 aliphatic heterocycles. The number of amides is 2. The molecule has 2 saturated heterocycles. The zero-order chi connectivity index (χ0) is 22.8. The lowest BCUT2D eigenvalue weighted by Gasteiger charge is -2.40. The third-order valence-corrected chi connectivity index (χ3v) is 6.15. The van der Waals surface area contributed by atoms with Crippen molar-refractivity contribution >= 4 is 17.5 Å². The third-order valence-electron chi connectivity index (χ3n) is 6.15. The number of aromatic nitrogens is 2. The Morgan fingerprint density at radius 2 is 1.88 bits per heavy atom. The lowest BCUT2D eigenvalue weighted by atomic mass is 10.00. The Bertz CT molecular complexity index is 1160. The molecule has 1 unspecified atom stereocenters. The maximum absolute atomic E-state index is 13.4. The van der Waals surface area contributed by atoms with Gasteiger partial charge in [0.05, 0.1) is 18.7 Å². The van der Waals surface area contributed by atoms with Gasteiger partial charge in [0, 0.05) is 12.2 Å². The summed E-state index contributed by atoms with van der Waals surface area (Å²) in [6.45, 7) is 3.29. The Hall–Kier alpha value is -3.72. The number of carbonyl (C=O) groups excluding carboxylic acids is 2. The minimum atomic E-state index is -0.585. The lowest BCUT2D eigenvalue weighted by molar-refractivity contribution is -0.137. The first-order valence-corrected chi connectivity index (χ1v) is 10.8. The average molecular weight is 448 g/mol. The van der Waals surface area contributed by atoms with E-state index in [-0.39, 0.29) is 25.0 Å². The topological polar surface area (TPSA) is 98.0 Å². The Balaban J connectivity index is 1.30. The summed E-state index contributed by atoms with van der Waals surface area (Å²) in [5.74, 6) is 0.258. The largest absolute Gasteiger partial charge is 0.486 e. The van der Waals surface area contributed by atoms with Gasteiger partial charge in [-0.1, -0.05) is 40.6 Å². The standard InChI is InChI=1S/C24H24N4O5/c1-17-20(26-33-25-17)13-31-21-10-6-5-9-19(21)23(30)27-12-11-24(15-27)16-28(22(29)14-32-24)18-7-3-2-4-8-18/h2-10H,11-16H2,1H3. The molecule has 2 aliphatic rings. The molecule has 5 rings (SSSR count).